The lowest BCUT2D eigenvalue weighted by Gasteiger charge is -2.23. The lowest BCUT2D eigenvalue weighted by molar-refractivity contribution is -0.150. The largest absolute Gasteiger partial charge is 0.467 e. The number of methoxy groups -OCH3 is 1. The first-order chi connectivity index (χ1) is 9.24. The molecule has 0 radical (unpaired) electrons. The fourth-order valence-corrected chi connectivity index (χ4v) is 2.01. The van der Waals surface area contributed by atoms with Gasteiger partial charge in [0.2, 0.25) is 5.91 Å². The number of likely N-dealkylation sites (tertiary alicyclic amines) is 1. The minimum absolute atomic E-state index is 0.192. The van der Waals surface area contributed by atoms with Crippen molar-refractivity contribution in [1.82, 2.24) is 10.2 Å². The smallest absolute Gasteiger partial charge is 0.408 e. The lowest BCUT2D eigenvalue weighted by Crippen LogP contribution is -2.46. The molecule has 2 amide bonds. The molecule has 1 atom stereocenters. The second kappa shape index (κ2) is 6.58. The van der Waals surface area contributed by atoms with Crippen LogP contribution in [0.1, 0.15) is 33.6 Å². The molecule has 1 saturated heterocycles. The van der Waals surface area contributed by atoms with E-state index in [-0.39, 0.29) is 12.5 Å². The SMILES string of the molecule is COC(=O)[C@H]1CCCN1C(=O)CNC(=O)OC(C)(C)C. The highest BCUT2D eigenvalue weighted by molar-refractivity contribution is 5.87. The standard InChI is InChI=1S/C13H22N2O5/c1-13(2,3)20-12(18)14-8-10(16)15-7-5-6-9(15)11(17)19-4/h9H,5-8H2,1-4H3,(H,14,18)/t9-/m1/s1. The molecule has 1 N–H and O–H groups in total. The number of carbonyl (C=O) groups excluding carboxylic acids is 3. The molecule has 1 heterocycles. The van der Waals surface area contributed by atoms with Gasteiger partial charge >= 0.3 is 12.1 Å². The minimum atomic E-state index is -0.653. The molecule has 1 rings (SSSR count). The van der Waals surface area contributed by atoms with Gasteiger partial charge in [-0.2, -0.15) is 0 Å². The van der Waals surface area contributed by atoms with Crippen molar-refractivity contribution in [3.05, 3.63) is 0 Å². The number of rotatable bonds is 3. The van der Waals surface area contributed by atoms with Crippen LogP contribution in [0, 0.1) is 0 Å². The normalized spacial score (nSPS) is 18.6. The Hall–Kier alpha value is -1.79. The second-order valence-corrected chi connectivity index (χ2v) is 5.62. The monoisotopic (exact) mass is 286 g/mol. The molecule has 7 heteroatoms. The zero-order valence-electron chi connectivity index (χ0n) is 12.4. The molecular formula is C13H22N2O5. The molecular weight excluding hydrogens is 264 g/mol. The highest BCUT2D eigenvalue weighted by Gasteiger charge is 2.34. The molecule has 0 spiro atoms. The van der Waals surface area contributed by atoms with Crippen LogP contribution < -0.4 is 5.32 Å². The average molecular weight is 286 g/mol. The Bertz CT molecular complexity index is 389. The van der Waals surface area contributed by atoms with E-state index in [1.807, 2.05) is 0 Å². The van der Waals surface area contributed by atoms with Crippen LogP contribution in [0.25, 0.3) is 0 Å². The number of hydrogen-bond acceptors (Lipinski definition) is 5. The van der Waals surface area contributed by atoms with Crippen LogP contribution in [0.3, 0.4) is 0 Å². The van der Waals surface area contributed by atoms with Gasteiger partial charge in [0.15, 0.2) is 0 Å². The highest BCUT2D eigenvalue weighted by Crippen LogP contribution is 2.18. The third-order valence-corrected chi connectivity index (χ3v) is 2.83. The summed E-state index contributed by atoms with van der Waals surface area (Å²) in [6.45, 7) is 5.52. The Morgan fingerprint density at radius 3 is 2.50 bits per heavy atom. The van der Waals surface area contributed by atoms with Crippen molar-refractivity contribution in [3.8, 4) is 0 Å². The van der Waals surface area contributed by atoms with Gasteiger partial charge in [0, 0.05) is 6.54 Å². The molecule has 7 nitrogen and oxygen atoms in total. The summed E-state index contributed by atoms with van der Waals surface area (Å²) < 4.78 is 9.69. The van der Waals surface area contributed by atoms with E-state index in [9.17, 15) is 14.4 Å². The number of esters is 1. The topological polar surface area (TPSA) is 84.9 Å². The van der Waals surface area contributed by atoms with Gasteiger partial charge in [-0.3, -0.25) is 4.79 Å². The predicted octanol–water partition coefficient (Wildman–Crippen LogP) is 0.675. The van der Waals surface area contributed by atoms with Crippen LogP contribution in [0.4, 0.5) is 4.79 Å². The van der Waals surface area contributed by atoms with Gasteiger partial charge in [0.05, 0.1) is 7.11 Å². The molecule has 20 heavy (non-hydrogen) atoms. The van der Waals surface area contributed by atoms with Crippen LogP contribution in [0.5, 0.6) is 0 Å². The zero-order valence-corrected chi connectivity index (χ0v) is 12.4. The Balaban J connectivity index is 2.46. The number of amides is 2. The molecule has 0 aromatic heterocycles. The minimum Gasteiger partial charge on any atom is -0.467 e. The number of alkyl carbamates (subject to hydrolysis) is 1. The van der Waals surface area contributed by atoms with Crippen molar-refractivity contribution >= 4 is 18.0 Å². The summed E-state index contributed by atoms with van der Waals surface area (Å²) in [5.74, 6) is -0.739. The van der Waals surface area contributed by atoms with Crippen molar-refractivity contribution in [2.45, 2.75) is 45.3 Å². The van der Waals surface area contributed by atoms with Gasteiger partial charge in [-0.05, 0) is 33.6 Å². The second-order valence-electron chi connectivity index (χ2n) is 5.62. The first kappa shape index (κ1) is 16.3. The van der Waals surface area contributed by atoms with Gasteiger partial charge in [-0.1, -0.05) is 0 Å². The van der Waals surface area contributed by atoms with E-state index in [1.54, 1.807) is 20.8 Å². The molecule has 0 aromatic carbocycles. The number of nitrogens with one attached hydrogen (secondary N) is 1. The van der Waals surface area contributed by atoms with Crippen molar-refractivity contribution in [3.63, 3.8) is 0 Å². The molecule has 114 valence electrons. The molecule has 0 saturated carbocycles. The van der Waals surface area contributed by atoms with E-state index in [1.165, 1.54) is 12.0 Å². The number of nitrogens with zero attached hydrogens (tertiary/aromatic N) is 1. The van der Waals surface area contributed by atoms with E-state index in [0.717, 1.165) is 6.42 Å². The third kappa shape index (κ3) is 4.71. The van der Waals surface area contributed by atoms with Crippen molar-refractivity contribution in [1.29, 1.82) is 0 Å². The summed E-state index contributed by atoms with van der Waals surface area (Å²) in [4.78, 5) is 36.4. The lowest BCUT2D eigenvalue weighted by atomic mass is 10.2. The van der Waals surface area contributed by atoms with Crippen LogP contribution in [0.15, 0.2) is 0 Å². The third-order valence-electron chi connectivity index (χ3n) is 2.83. The van der Waals surface area contributed by atoms with Gasteiger partial charge in [0.1, 0.15) is 18.2 Å². The number of ether oxygens (including phenoxy) is 2. The predicted molar refractivity (Wildman–Crippen MR) is 71.0 cm³/mol. The maximum Gasteiger partial charge on any atom is 0.408 e. The van der Waals surface area contributed by atoms with E-state index < -0.39 is 23.7 Å². The van der Waals surface area contributed by atoms with E-state index in [4.69, 9.17) is 4.74 Å². The van der Waals surface area contributed by atoms with Gasteiger partial charge in [-0.15, -0.1) is 0 Å². The number of hydrogen-bond donors (Lipinski definition) is 1. The van der Waals surface area contributed by atoms with E-state index >= 15 is 0 Å². The summed E-state index contributed by atoms with van der Waals surface area (Å²) in [6, 6.07) is -0.548. The van der Waals surface area contributed by atoms with Crippen LogP contribution in [-0.2, 0) is 19.1 Å². The van der Waals surface area contributed by atoms with Crippen LogP contribution in [-0.4, -0.2) is 54.7 Å². The summed E-state index contributed by atoms with van der Waals surface area (Å²) >= 11 is 0. The molecule has 0 bridgehead atoms. The first-order valence-corrected chi connectivity index (χ1v) is 6.59. The summed E-state index contributed by atoms with van der Waals surface area (Å²) in [5.41, 5.74) is -0.616. The number of carbonyl (C=O) groups is 3. The molecule has 0 unspecified atom stereocenters. The fourth-order valence-electron chi connectivity index (χ4n) is 2.01. The molecule has 0 aliphatic carbocycles. The Morgan fingerprint density at radius 2 is 1.95 bits per heavy atom. The maximum atomic E-state index is 12.0. The molecule has 1 fully saturated rings. The molecule has 1 aliphatic rings. The highest BCUT2D eigenvalue weighted by atomic mass is 16.6. The van der Waals surface area contributed by atoms with Gasteiger partial charge < -0.3 is 19.7 Å². The van der Waals surface area contributed by atoms with Crippen LogP contribution in [0.2, 0.25) is 0 Å². The Labute approximate surface area is 118 Å². The molecule has 0 aromatic rings. The summed E-state index contributed by atoms with van der Waals surface area (Å²) in [5, 5.41) is 2.39. The summed E-state index contributed by atoms with van der Waals surface area (Å²) in [6.07, 6.45) is 0.683. The molecule has 1 aliphatic heterocycles. The Kier molecular flexibility index (Phi) is 5.35. The zero-order chi connectivity index (χ0) is 15.3. The maximum absolute atomic E-state index is 12.0. The van der Waals surface area contributed by atoms with Crippen molar-refractivity contribution in [2.75, 3.05) is 20.2 Å². The first-order valence-electron chi connectivity index (χ1n) is 6.59. The Morgan fingerprint density at radius 1 is 1.30 bits per heavy atom. The van der Waals surface area contributed by atoms with Gasteiger partial charge in [0.25, 0.3) is 0 Å². The summed E-state index contributed by atoms with van der Waals surface area (Å²) in [7, 11) is 1.29. The quantitative estimate of drug-likeness (QED) is 0.771. The fraction of sp³-hybridized carbons (Fsp3) is 0.769. The van der Waals surface area contributed by atoms with E-state index in [0.29, 0.717) is 13.0 Å². The average Bonchev–Trinajstić information content (AvgIpc) is 2.82. The van der Waals surface area contributed by atoms with Crippen molar-refractivity contribution in [2.24, 2.45) is 0 Å². The van der Waals surface area contributed by atoms with E-state index in [2.05, 4.69) is 10.1 Å². The van der Waals surface area contributed by atoms with Gasteiger partial charge in [-0.25, -0.2) is 9.59 Å². The van der Waals surface area contributed by atoms with Crippen LogP contribution >= 0.6 is 0 Å². The van der Waals surface area contributed by atoms with Crippen molar-refractivity contribution < 1.29 is 23.9 Å².